The summed E-state index contributed by atoms with van der Waals surface area (Å²) in [6.07, 6.45) is 0.432. The number of nitrogens with one attached hydrogen (secondary N) is 1. The number of nitrogens with zero attached hydrogens (tertiary/aromatic N) is 2. The Labute approximate surface area is 183 Å². The second-order valence-electron chi connectivity index (χ2n) is 7.50. The third kappa shape index (κ3) is 6.06. The number of anilines is 1. The first-order valence-electron chi connectivity index (χ1n) is 10.0. The number of hydrogen-bond donors (Lipinski definition) is 1. The van der Waals surface area contributed by atoms with Crippen molar-refractivity contribution < 1.29 is 19.1 Å². The molecule has 0 spiro atoms. The van der Waals surface area contributed by atoms with E-state index in [1.165, 1.54) is 13.0 Å². The molecule has 0 aliphatic carbocycles. The molecule has 1 heterocycles. The number of benzene rings is 1. The summed E-state index contributed by atoms with van der Waals surface area (Å²) in [5, 5.41) is 12.2. The highest BCUT2D eigenvalue weighted by atomic mass is 16.5. The molecule has 7 heteroatoms. The fraction of sp³-hybridized carbons (Fsp3) is 0.375. The van der Waals surface area contributed by atoms with Crippen molar-refractivity contribution in [2.75, 3.05) is 19.0 Å². The Morgan fingerprint density at radius 2 is 1.94 bits per heavy atom. The van der Waals surface area contributed by atoms with Crippen molar-refractivity contribution in [3.05, 3.63) is 57.9 Å². The predicted octanol–water partition coefficient (Wildman–Crippen LogP) is 3.85. The molecule has 0 aliphatic heterocycles. The van der Waals surface area contributed by atoms with Crippen molar-refractivity contribution in [2.45, 2.75) is 47.3 Å². The molecule has 1 aromatic carbocycles. The van der Waals surface area contributed by atoms with Crippen LogP contribution < -0.4 is 5.32 Å². The second kappa shape index (κ2) is 10.6. The Morgan fingerprint density at radius 1 is 1.23 bits per heavy atom. The Hall–Kier alpha value is -3.37. The molecule has 0 saturated heterocycles. The van der Waals surface area contributed by atoms with Gasteiger partial charge < -0.3 is 19.4 Å². The number of hydrogen-bond acceptors (Lipinski definition) is 5. The molecular formula is C24H29N3O4. The van der Waals surface area contributed by atoms with Gasteiger partial charge in [0.25, 0.3) is 5.91 Å². The van der Waals surface area contributed by atoms with Crippen molar-refractivity contribution in [1.29, 1.82) is 5.26 Å². The highest BCUT2D eigenvalue weighted by Crippen LogP contribution is 2.20. The number of amides is 1. The molecule has 0 bridgehead atoms. The molecule has 2 rings (SSSR count). The van der Waals surface area contributed by atoms with Crippen LogP contribution in [0.15, 0.2) is 29.8 Å². The summed E-state index contributed by atoms with van der Waals surface area (Å²) in [5.74, 6) is -1.30. The summed E-state index contributed by atoms with van der Waals surface area (Å²) in [7, 11) is 1.64. The van der Waals surface area contributed by atoms with Gasteiger partial charge in [0, 0.05) is 30.7 Å². The normalized spacial score (nSPS) is 12.2. The highest BCUT2D eigenvalue weighted by Gasteiger charge is 2.22. The molecule has 1 aromatic heterocycles. The van der Waals surface area contributed by atoms with Crippen LogP contribution in [0.25, 0.3) is 6.08 Å². The number of ether oxygens (including phenoxy) is 2. The van der Waals surface area contributed by atoms with Gasteiger partial charge in [-0.05, 0) is 64.0 Å². The first-order chi connectivity index (χ1) is 14.7. The molecule has 1 N–H and O–H groups in total. The number of carbonyl (C=O) groups is 2. The lowest BCUT2D eigenvalue weighted by Crippen LogP contribution is -2.30. The lowest BCUT2D eigenvalue weighted by molar-refractivity contribution is -0.148. The molecule has 164 valence electrons. The molecule has 2 aromatic rings. The smallest absolute Gasteiger partial charge is 0.349 e. The van der Waals surface area contributed by atoms with Crippen LogP contribution in [0.1, 0.15) is 35.0 Å². The van der Waals surface area contributed by atoms with Crippen LogP contribution in [-0.2, 0) is 25.6 Å². The minimum absolute atomic E-state index is 0.168. The summed E-state index contributed by atoms with van der Waals surface area (Å²) < 4.78 is 12.4. The molecule has 0 unspecified atom stereocenters. The fourth-order valence-electron chi connectivity index (χ4n) is 3.26. The molecule has 0 radical (unpaired) electrons. The van der Waals surface area contributed by atoms with Crippen LogP contribution in [-0.4, -0.2) is 36.3 Å². The first-order valence-corrected chi connectivity index (χ1v) is 10.0. The molecule has 0 fully saturated rings. The number of esters is 1. The summed E-state index contributed by atoms with van der Waals surface area (Å²) in [6, 6.07) is 9.42. The van der Waals surface area contributed by atoms with E-state index in [9.17, 15) is 14.9 Å². The van der Waals surface area contributed by atoms with Crippen molar-refractivity contribution in [2.24, 2.45) is 0 Å². The first kappa shape index (κ1) is 23.9. The molecule has 7 nitrogen and oxygen atoms in total. The highest BCUT2D eigenvalue weighted by molar-refractivity contribution is 6.01. The third-order valence-electron chi connectivity index (χ3n) is 5.06. The Morgan fingerprint density at radius 3 is 2.55 bits per heavy atom. The van der Waals surface area contributed by atoms with Crippen LogP contribution in [0.3, 0.4) is 0 Å². The van der Waals surface area contributed by atoms with Gasteiger partial charge in [0.05, 0.1) is 6.61 Å². The zero-order chi connectivity index (χ0) is 23.1. The van der Waals surface area contributed by atoms with E-state index in [2.05, 4.69) is 9.88 Å². The number of methoxy groups -OCH3 is 1. The molecule has 1 atom stereocenters. The van der Waals surface area contributed by atoms with E-state index in [0.717, 1.165) is 28.1 Å². The lowest BCUT2D eigenvalue weighted by Gasteiger charge is -2.15. The van der Waals surface area contributed by atoms with Crippen molar-refractivity contribution in [3.8, 4) is 6.07 Å². The maximum atomic E-state index is 12.5. The van der Waals surface area contributed by atoms with Gasteiger partial charge in [0.15, 0.2) is 6.10 Å². The number of nitriles is 1. The van der Waals surface area contributed by atoms with Gasteiger partial charge >= 0.3 is 5.97 Å². The largest absolute Gasteiger partial charge is 0.448 e. The maximum absolute atomic E-state index is 12.5. The Bertz CT molecular complexity index is 1040. The van der Waals surface area contributed by atoms with E-state index in [1.807, 2.05) is 52.0 Å². The van der Waals surface area contributed by atoms with Crippen molar-refractivity contribution in [3.63, 3.8) is 0 Å². The van der Waals surface area contributed by atoms with Gasteiger partial charge in [-0.1, -0.05) is 17.7 Å². The average molecular weight is 424 g/mol. The predicted molar refractivity (Wildman–Crippen MR) is 119 cm³/mol. The Kier molecular flexibility index (Phi) is 8.17. The van der Waals surface area contributed by atoms with Crippen molar-refractivity contribution in [1.82, 2.24) is 4.57 Å². The number of rotatable bonds is 8. The monoisotopic (exact) mass is 423 g/mol. The van der Waals surface area contributed by atoms with Crippen molar-refractivity contribution >= 4 is 23.6 Å². The van der Waals surface area contributed by atoms with Gasteiger partial charge in [-0.25, -0.2) is 4.79 Å². The summed E-state index contributed by atoms with van der Waals surface area (Å²) in [5.41, 5.74) is 5.13. The van der Waals surface area contributed by atoms with Gasteiger partial charge in [-0.15, -0.1) is 0 Å². The minimum Gasteiger partial charge on any atom is -0.448 e. The van der Waals surface area contributed by atoms with Crippen LogP contribution >= 0.6 is 0 Å². The topological polar surface area (TPSA) is 93.3 Å². The van der Waals surface area contributed by atoms with Gasteiger partial charge in [0.2, 0.25) is 0 Å². The van der Waals surface area contributed by atoms with E-state index < -0.39 is 18.0 Å². The Balaban J connectivity index is 2.12. The van der Waals surface area contributed by atoms with E-state index in [1.54, 1.807) is 13.2 Å². The van der Waals surface area contributed by atoms with Gasteiger partial charge in [0.1, 0.15) is 11.6 Å². The van der Waals surface area contributed by atoms with Crippen LogP contribution in [0.4, 0.5) is 5.69 Å². The number of aromatic nitrogens is 1. The molecule has 31 heavy (non-hydrogen) atoms. The molecule has 1 amide bonds. The standard InChI is InChI=1S/C24H29N3O4/c1-15-7-8-22(16(2)11-15)26-23(28)19(5)31-24(29)21(14-25)13-20-12-17(3)27(18(20)4)9-10-30-6/h7-8,11-13,19H,9-10H2,1-6H3,(H,26,28)/b21-13+/t19-/m0/s1. The van der Waals surface area contributed by atoms with E-state index in [0.29, 0.717) is 18.8 Å². The zero-order valence-electron chi connectivity index (χ0n) is 18.9. The summed E-state index contributed by atoms with van der Waals surface area (Å²) >= 11 is 0. The maximum Gasteiger partial charge on any atom is 0.349 e. The minimum atomic E-state index is -1.06. The number of aryl methyl sites for hydroxylation is 3. The quantitative estimate of drug-likeness (QED) is 0.395. The lowest BCUT2D eigenvalue weighted by atomic mass is 10.1. The van der Waals surface area contributed by atoms with Crippen LogP contribution in [0, 0.1) is 39.0 Å². The fourth-order valence-corrected chi connectivity index (χ4v) is 3.26. The van der Waals surface area contributed by atoms with Crippen LogP contribution in [0.5, 0.6) is 0 Å². The van der Waals surface area contributed by atoms with Gasteiger partial charge in [-0.3, -0.25) is 4.79 Å². The van der Waals surface area contributed by atoms with Crippen LogP contribution in [0.2, 0.25) is 0 Å². The SMILES string of the molecule is COCCn1c(C)cc(/C=C(\C#N)C(=O)O[C@@H](C)C(=O)Nc2ccc(C)cc2C)c1C. The molecule has 0 aliphatic rings. The average Bonchev–Trinajstić information content (AvgIpc) is 2.98. The summed E-state index contributed by atoms with van der Waals surface area (Å²) in [4.78, 5) is 25.0. The van der Waals surface area contributed by atoms with E-state index >= 15 is 0 Å². The molecule has 0 saturated carbocycles. The molecular weight excluding hydrogens is 394 g/mol. The number of carbonyl (C=O) groups excluding carboxylic acids is 2. The zero-order valence-corrected chi connectivity index (χ0v) is 18.9. The summed E-state index contributed by atoms with van der Waals surface area (Å²) in [6.45, 7) is 10.4. The van der Waals surface area contributed by atoms with E-state index in [-0.39, 0.29) is 5.57 Å². The van der Waals surface area contributed by atoms with Gasteiger partial charge in [-0.2, -0.15) is 5.26 Å². The second-order valence-corrected chi connectivity index (χ2v) is 7.50. The third-order valence-corrected chi connectivity index (χ3v) is 5.06. The van der Waals surface area contributed by atoms with E-state index in [4.69, 9.17) is 9.47 Å².